The predicted octanol–water partition coefficient (Wildman–Crippen LogP) is 12.8. The Morgan fingerprint density at radius 1 is 0.721 bits per heavy atom. The van der Waals surface area contributed by atoms with Gasteiger partial charge in [-0.15, -0.1) is 0 Å². The highest BCUT2D eigenvalue weighted by Crippen LogP contribution is 2.34. The number of amides is 3. The van der Waals surface area contributed by atoms with Gasteiger partial charge in [0.25, 0.3) is 5.91 Å². The van der Waals surface area contributed by atoms with Crippen LogP contribution in [0.3, 0.4) is 0 Å². The SMILES string of the molecule is CC(C)(C)CN1C(=O)NC(C)(C)C1=O.CC(C)(C)Cc1ccc2c(c1)OCCO2.CCC(C)C(C(=O)CC(C)(C)C)C(C)CC.COc1ccc(CCC(C)(C)C)cc1OC. The highest BCUT2D eigenvalue weighted by Gasteiger charge is 2.45. The number of nitrogens with one attached hydrogen (secondary N) is 1. The maximum absolute atomic E-state index is 12.4. The molecule has 2 heterocycles. The molecule has 1 fully saturated rings. The molecule has 4 rings (SSSR count). The maximum atomic E-state index is 12.4. The molecule has 0 radical (unpaired) electrons. The Labute approximate surface area is 372 Å². The van der Waals surface area contributed by atoms with Crippen LogP contribution in [0, 0.1) is 39.4 Å². The van der Waals surface area contributed by atoms with Crippen LogP contribution in [0.5, 0.6) is 23.0 Å². The Bertz CT molecular complexity index is 1660. The third-order valence-corrected chi connectivity index (χ3v) is 10.6. The van der Waals surface area contributed by atoms with E-state index in [9.17, 15) is 14.4 Å². The van der Waals surface area contributed by atoms with Gasteiger partial charge in [0.05, 0.1) is 14.2 Å². The lowest BCUT2D eigenvalue weighted by atomic mass is 9.74. The van der Waals surface area contributed by atoms with Gasteiger partial charge < -0.3 is 24.3 Å². The first-order valence-electron chi connectivity index (χ1n) is 22.6. The molecule has 0 aliphatic carbocycles. The van der Waals surface area contributed by atoms with Crippen LogP contribution in [0.25, 0.3) is 0 Å². The molecule has 61 heavy (non-hydrogen) atoms. The number of fused-ring (bicyclic) bond motifs is 1. The fraction of sp³-hybridized carbons (Fsp3) is 0.712. The number of ketones is 1. The molecule has 2 unspecified atom stereocenters. The van der Waals surface area contributed by atoms with Crippen molar-refractivity contribution >= 4 is 17.7 Å². The summed E-state index contributed by atoms with van der Waals surface area (Å²) in [5, 5.41) is 2.65. The van der Waals surface area contributed by atoms with Gasteiger partial charge in [0, 0.05) is 18.9 Å². The molecule has 1 N–H and O–H groups in total. The van der Waals surface area contributed by atoms with Crippen molar-refractivity contribution in [2.24, 2.45) is 39.4 Å². The maximum Gasteiger partial charge on any atom is 0.325 e. The smallest absolute Gasteiger partial charge is 0.325 e. The minimum absolute atomic E-state index is 0.0621. The van der Waals surface area contributed by atoms with E-state index in [0.29, 0.717) is 54.6 Å². The van der Waals surface area contributed by atoms with Gasteiger partial charge in [-0.25, -0.2) is 4.79 Å². The van der Waals surface area contributed by atoms with Crippen LogP contribution in [0.2, 0.25) is 0 Å². The number of Topliss-reactive ketones (excluding diaryl/α,β-unsaturated/α-hetero) is 1. The highest BCUT2D eigenvalue weighted by molar-refractivity contribution is 6.06. The summed E-state index contributed by atoms with van der Waals surface area (Å²) in [7, 11) is 3.33. The summed E-state index contributed by atoms with van der Waals surface area (Å²) < 4.78 is 21.5. The Balaban J connectivity index is 0.000000407. The van der Waals surface area contributed by atoms with Gasteiger partial charge in [-0.05, 0) is 102 Å². The monoisotopic (exact) mass is 853 g/mol. The number of aryl methyl sites for hydroxylation is 1. The summed E-state index contributed by atoms with van der Waals surface area (Å²) in [6, 6.07) is 12.1. The van der Waals surface area contributed by atoms with Crippen LogP contribution in [0.1, 0.15) is 161 Å². The van der Waals surface area contributed by atoms with Crippen LogP contribution >= 0.6 is 0 Å². The zero-order chi connectivity index (χ0) is 47.1. The molecule has 0 bridgehead atoms. The molecule has 348 valence electrons. The van der Waals surface area contributed by atoms with E-state index in [4.69, 9.17) is 18.9 Å². The molecule has 2 aromatic rings. The van der Waals surface area contributed by atoms with Crippen molar-refractivity contribution < 1.29 is 33.3 Å². The van der Waals surface area contributed by atoms with Crippen LogP contribution in [0.15, 0.2) is 36.4 Å². The lowest BCUT2D eigenvalue weighted by molar-refractivity contribution is -0.131. The number of rotatable bonds is 12. The first kappa shape index (κ1) is 55.3. The second kappa shape index (κ2) is 23.6. The molecule has 0 spiro atoms. The van der Waals surface area contributed by atoms with E-state index in [1.807, 2.05) is 32.9 Å². The average molecular weight is 853 g/mol. The molecule has 9 nitrogen and oxygen atoms in total. The van der Waals surface area contributed by atoms with Crippen molar-refractivity contribution in [1.29, 1.82) is 0 Å². The Morgan fingerprint density at radius 2 is 1.25 bits per heavy atom. The van der Waals surface area contributed by atoms with Crippen molar-refractivity contribution in [3.8, 4) is 23.0 Å². The number of ether oxygens (including phenoxy) is 4. The van der Waals surface area contributed by atoms with E-state index in [0.717, 1.165) is 48.7 Å². The molecular weight excluding hydrogens is 765 g/mol. The molecule has 3 amide bonds. The number of hydrogen-bond donors (Lipinski definition) is 1. The minimum Gasteiger partial charge on any atom is -0.493 e. The largest absolute Gasteiger partial charge is 0.493 e. The van der Waals surface area contributed by atoms with Crippen molar-refractivity contribution in [2.45, 2.75) is 169 Å². The summed E-state index contributed by atoms with van der Waals surface area (Å²) in [5.74, 6) is 5.00. The molecule has 0 aromatic heterocycles. The molecule has 2 aromatic carbocycles. The van der Waals surface area contributed by atoms with Crippen molar-refractivity contribution in [3.05, 3.63) is 47.5 Å². The predicted molar refractivity (Wildman–Crippen MR) is 253 cm³/mol. The average Bonchev–Trinajstić information content (AvgIpc) is 3.32. The van der Waals surface area contributed by atoms with Crippen LogP contribution in [-0.2, 0) is 22.4 Å². The van der Waals surface area contributed by atoms with Gasteiger partial charge in [0.2, 0.25) is 0 Å². The van der Waals surface area contributed by atoms with E-state index < -0.39 is 5.54 Å². The summed E-state index contributed by atoms with van der Waals surface area (Å²) >= 11 is 0. The highest BCUT2D eigenvalue weighted by atomic mass is 16.6. The lowest BCUT2D eigenvalue weighted by Crippen LogP contribution is -2.41. The van der Waals surface area contributed by atoms with Crippen molar-refractivity contribution in [1.82, 2.24) is 10.2 Å². The zero-order valence-electron chi connectivity index (χ0n) is 42.4. The lowest BCUT2D eigenvalue weighted by Gasteiger charge is -2.30. The van der Waals surface area contributed by atoms with Gasteiger partial charge in [-0.1, -0.05) is 136 Å². The topological polar surface area (TPSA) is 103 Å². The van der Waals surface area contributed by atoms with Crippen LogP contribution < -0.4 is 24.3 Å². The normalized spacial score (nSPS) is 16.3. The number of urea groups is 1. The third kappa shape index (κ3) is 20.8. The third-order valence-electron chi connectivity index (χ3n) is 10.6. The second-order valence-electron chi connectivity index (χ2n) is 22.5. The second-order valence-corrected chi connectivity index (χ2v) is 22.5. The van der Waals surface area contributed by atoms with Crippen LogP contribution in [-0.4, -0.2) is 62.1 Å². The van der Waals surface area contributed by atoms with Gasteiger partial charge in [-0.3, -0.25) is 14.5 Å². The van der Waals surface area contributed by atoms with Crippen molar-refractivity contribution in [2.75, 3.05) is 34.0 Å². The Kier molecular flexibility index (Phi) is 21.4. The summed E-state index contributed by atoms with van der Waals surface area (Å²) in [6.07, 6.45) is 6.22. The molecule has 1 saturated heterocycles. The minimum atomic E-state index is -0.748. The zero-order valence-corrected chi connectivity index (χ0v) is 42.4. The molecule has 2 aliphatic rings. The molecule has 9 heteroatoms. The van der Waals surface area contributed by atoms with E-state index in [2.05, 4.69) is 120 Å². The Hall–Kier alpha value is -3.75. The first-order valence-corrected chi connectivity index (χ1v) is 22.6. The molecular formula is C52H88N2O7. The van der Waals surface area contributed by atoms with Gasteiger partial charge in [-0.2, -0.15) is 0 Å². The molecule has 2 aliphatic heterocycles. The summed E-state index contributed by atoms with van der Waals surface area (Å²) in [5.41, 5.74) is 2.60. The standard InChI is InChI=1S/C15H30O.C14H22O2.C13H18O2.C10H18N2O2/c1-8-11(3)14(12(4)9-2)13(16)10-15(5,6)7;1-14(2,3)9-8-11-6-7-12(15-4)13(10-11)16-5;1-13(2,3)9-10-4-5-11-12(8-10)15-7-6-14-11;1-9(2,3)6-12-7(13)10(4,5)11-8(12)14/h11-12,14H,8-10H2,1-7H3;6-7,10H,8-9H2,1-5H3;4-5,8H,6-7,9H2,1-3H3;6H2,1-5H3,(H,11,14). The van der Waals surface area contributed by atoms with Crippen LogP contribution in [0.4, 0.5) is 4.79 Å². The van der Waals surface area contributed by atoms with Crippen molar-refractivity contribution in [3.63, 3.8) is 0 Å². The quantitative estimate of drug-likeness (QED) is 0.212. The van der Waals surface area contributed by atoms with Gasteiger partial charge in [0.15, 0.2) is 23.0 Å². The van der Waals surface area contributed by atoms with E-state index in [1.165, 1.54) is 22.4 Å². The fourth-order valence-electron chi connectivity index (χ4n) is 7.15. The first-order chi connectivity index (χ1) is 27.9. The van der Waals surface area contributed by atoms with Gasteiger partial charge in [0.1, 0.15) is 24.5 Å². The van der Waals surface area contributed by atoms with Gasteiger partial charge >= 0.3 is 6.03 Å². The number of imide groups is 1. The number of carbonyl (C=O) groups excluding carboxylic acids is 3. The molecule has 2 atom stereocenters. The number of benzene rings is 2. The summed E-state index contributed by atoms with van der Waals surface area (Å²) in [6.45, 7) is 40.0. The number of hydrogen-bond acceptors (Lipinski definition) is 7. The van der Waals surface area contributed by atoms with E-state index >= 15 is 0 Å². The summed E-state index contributed by atoms with van der Waals surface area (Å²) in [4.78, 5) is 36.9. The fourth-order valence-corrected chi connectivity index (χ4v) is 7.15. The van der Waals surface area contributed by atoms with E-state index in [1.54, 1.807) is 28.1 Å². The Morgan fingerprint density at radius 3 is 1.67 bits per heavy atom. The van der Waals surface area contributed by atoms with E-state index in [-0.39, 0.29) is 28.7 Å². The number of carbonyl (C=O) groups is 3. The number of methoxy groups -OCH3 is 2. The number of nitrogens with zero attached hydrogens (tertiary/aromatic N) is 1. The molecule has 0 saturated carbocycles.